The number of carbonyl (C=O) groups is 3. The fourth-order valence-electron chi connectivity index (χ4n) is 3.53. The maximum atomic E-state index is 14.1. The number of amides is 1. The van der Waals surface area contributed by atoms with Crippen molar-refractivity contribution in [3.63, 3.8) is 0 Å². The molecule has 3 N–H and O–H groups in total. The minimum absolute atomic E-state index is 0.0496. The number of aromatic nitrogens is 1. The minimum Gasteiger partial charge on any atom is -0.505 e. The van der Waals surface area contributed by atoms with Crippen LogP contribution in [0.2, 0.25) is 5.02 Å². The number of aromatic hydroxyl groups is 1. The summed E-state index contributed by atoms with van der Waals surface area (Å²) in [6, 6.07) is 4.90. The third-order valence-corrected chi connectivity index (χ3v) is 5.31. The smallest absolute Gasteiger partial charge is 0.305 e. The number of hydrogen-bond acceptors (Lipinski definition) is 4. The topological polar surface area (TPSA) is 109 Å². The van der Waals surface area contributed by atoms with Crippen molar-refractivity contribution in [2.75, 3.05) is 0 Å². The molecule has 0 saturated heterocycles. The first-order chi connectivity index (χ1) is 15.0. The number of halogens is 3. The highest BCUT2D eigenvalue weighted by Crippen LogP contribution is 2.32. The predicted molar refractivity (Wildman–Crippen MR) is 113 cm³/mol. The first-order valence-corrected chi connectivity index (χ1v) is 9.90. The number of benzene rings is 2. The minimum atomic E-state index is -1.08. The van der Waals surface area contributed by atoms with Gasteiger partial charge in [0.2, 0.25) is 5.91 Å². The van der Waals surface area contributed by atoms with Gasteiger partial charge in [-0.05, 0) is 43.7 Å². The van der Waals surface area contributed by atoms with Gasteiger partial charge in [-0.25, -0.2) is 8.78 Å². The van der Waals surface area contributed by atoms with E-state index in [4.69, 9.17) is 16.7 Å². The Kier molecular flexibility index (Phi) is 6.50. The Bertz CT molecular complexity index is 1260. The summed E-state index contributed by atoms with van der Waals surface area (Å²) in [6.45, 7) is 3.06. The van der Waals surface area contributed by atoms with E-state index in [2.05, 4.69) is 5.32 Å². The van der Waals surface area contributed by atoms with Gasteiger partial charge in [0.1, 0.15) is 5.82 Å². The number of phenolic OH excluding ortho intramolecular Hbond substituents is 1. The number of carboxylic acid groups (broad SMARTS) is 1. The lowest BCUT2D eigenvalue weighted by atomic mass is 10.1. The maximum absolute atomic E-state index is 14.1. The molecule has 1 amide bonds. The average molecular weight is 465 g/mol. The van der Waals surface area contributed by atoms with Crippen LogP contribution in [-0.4, -0.2) is 38.6 Å². The van der Waals surface area contributed by atoms with Gasteiger partial charge in [-0.1, -0.05) is 11.6 Å². The fourth-order valence-corrected chi connectivity index (χ4v) is 3.65. The molecule has 0 fully saturated rings. The highest BCUT2D eigenvalue weighted by molar-refractivity contribution is 6.30. The van der Waals surface area contributed by atoms with Crippen LogP contribution < -0.4 is 5.32 Å². The van der Waals surface area contributed by atoms with Crippen molar-refractivity contribution in [3.05, 3.63) is 63.8 Å². The number of fused-ring (bicyclic) bond motifs is 1. The van der Waals surface area contributed by atoms with Crippen LogP contribution in [0.4, 0.5) is 8.78 Å². The Morgan fingerprint density at radius 3 is 2.47 bits per heavy atom. The van der Waals surface area contributed by atoms with E-state index in [1.54, 1.807) is 0 Å². The average Bonchev–Trinajstić information content (AvgIpc) is 2.94. The van der Waals surface area contributed by atoms with E-state index in [0.29, 0.717) is 5.56 Å². The number of nitrogens with zero attached hydrogens (tertiary/aromatic N) is 1. The molecule has 0 radical (unpaired) electrons. The maximum Gasteiger partial charge on any atom is 0.305 e. The molecule has 3 aromatic rings. The number of phenols is 1. The molecule has 0 aliphatic rings. The Labute approximate surface area is 186 Å². The lowest BCUT2D eigenvalue weighted by molar-refractivity contribution is -0.137. The van der Waals surface area contributed by atoms with Crippen molar-refractivity contribution in [2.45, 2.75) is 32.7 Å². The standard InChI is InChI=1S/C22H19ClF2N2O5/c1-10(5-21(30)31)26-20(29)8-13-11(2)27(18-9-17(25)19(28)7-14(13)18)22(32)12-3-4-15(23)16(24)6-12/h3-4,6-7,9-10,28H,5,8H2,1-2H3,(H,26,29)(H,30,31). The van der Waals surface area contributed by atoms with Gasteiger partial charge in [0, 0.05) is 28.8 Å². The van der Waals surface area contributed by atoms with E-state index < -0.39 is 41.2 Å². The molecule has 0 saturated carbocycles. The van der Waals surface area contributed by atoms with Crippen LogP contribution in [0, 0.1) is 18.6 Å². The fraction of sp³-hybridized carbons (Fsp3) is 0.227. The monoisotopic (exact) mass is 464 g/mol. The van der Waals surface area contributed by atoms with Crippen LogP contribution >= 0.6 is 11.6 Å². The number of carboxylic acids is 1. The number of carbonyl (C=O) groups excluding carboxylic acids is 2. The molecule has 1 aromatic heterocycles. The zero-order chi connectivity index (χ0) is 23.7. The molecule has 0 aliphatic carbocycles. The largest absolute Gasteiger partial charge is 0.505 e. The molecule has 1 atom stereocenters. The number of hydrogen-bond donors (Lipinski definition) is 3. The third kappa shape index (κ3) is 4.57. The van der Waals surface area contributed by atoms with Crippen molar-refractivity contribution < 1.29 is 33.4 Å². The quantitative estimate of drug-likeness (QED) is 0.514. The number of nitrogens with one attached hydrogen (secondary N) is 1. The van der Waals surface area contributed by atoms with Crippen LogP contribution in [-0.2, 0) is 16.0 Å². The highest BCUT2D eigenvalue weighted by atomic mass is 35.5. The van der Waals surface area contributed by atoms with Crippen molar-refractivity contribution >= 4 is 40.3 Å². The van der Waals surface area contributed by atoms with Crippen LogP contribution in [0.3, 0.4) is 0 Å². The van der Waals surface area contributed by atoms with Crippen molar-refractivity contribution in [2.24, 2.45) is 0 Å². The molecule has 32 heavy (non-hydrogen) atoms. The van der Waals surface area contributed by atoms with Crippen molar-refractivity contribution in [3.8, 4) is 5.75 Å². The zero-order valence-electron chi connectivity index (χ0n) is 17.1. The summed E-state index contributed by atoms with van der Waals surface area (Å²) in [5, 5.41) is 21.3. The highest BCUT2D eigenvalue weighted by Gasteiger charge is 2.24. The lowest BCUT2D eigenvalue weighted by Crippen LogP contribution is -2.35. The van der Waals surface area contributed by atoms with Gasteiger partial charge in [-0.2, -0.15) is 0 Å². The van der Waals surface area contributed by atoms with Crippen molar-refractivity contribution in [1.29, 1.82) is 0 Å². The van der Waals surface area contributed by atoms with Crippen molar-refractivity contribution in [1.82, 2.24) is 9.88 Å². The van der Waals surface area contributed by atoms with Gasteiger partial charge in [0.15, 0.2) is 11.6 Å². The molecular formula is C22H19ClF2N2O5. The van der Waals surface area contributed by atoms with Crippen LogP contribution in [0.25, 0.3) is 10.9 Å². The molecule has 1 unspecified atom stereocenters. The molecule has 7 nitrogen and oxygen atoms in total. The van der Waals surface area contributed by atoms with Crippen LogP contribution in [0.15, 0.2) is 30.3 Å². The molecule has 0 bridgehead atoms. The molecule has 10 heteroatoms. The van der Waals surface area contributed by atoms with Crippen LogP contribution in [0.1, 0.15) is 35.0 Å². The van der Waals surface area contributed by atoms with Gasteiger partial charge in [0.25, 0.3) is 5.91 Å². The molecule has 2 aromatic carbocycles. The van der Waals surface area contributed by atoms with E-state index in [1.807, 2.05) is 0 Å². The summed E-state index contributed by atoms with van der Waals surface area (Å²) in [6.07, 6.45) is -0.536. The molecule has 1 heterocycles. The summed E-state index contributed by atoms with van der Waals surface area (Å²) >= 11 is 5.68. The second-order valence-corrected chi connectivity index (χ2v) is 7.80. The Morgan fingerprint density at radius 1 is 1.16 bits per heavy atom. The molecule has 3 rings (SSSR count). The van der Waals surface area contributed by atoms with E-state index in [-0.39, 0.29) is 40.0 Å². The molecule has 168 valence electrons. The summed E-state index contributed by atoms with van der Waals surface area (Å²) < 4.78 is 29.1. The molecular weight excluding hydrogens is 446 g/mol. The van der Waals surface area contributed by atoms with Gasteiger partial charge in [0.05, 0.1) is 23.4 Å². The third-order valence-electron chi connectivity index (χ3n) is 5.00. The second kappa shape index (κ2) is 8.96. The molecule has 0 spiro atoms. The van der Waals surface area contributed by atoms with Gasteiger partial charge in [-0.3, -0.25) is 19.0 Å². The second-order valence-electron chi connectivity index (χ2n) is 7.40. The van der Waals surface area contributed by atoms with Gasteiger partial charge >= 0.3 is 5.97 Å². The number of aliphatic carboxylic acids is 1. The zero-order valence-corrected chi connectivity index (χ0v) is 17.8. The first-order valence-electron chi connectivity index (χ1n) is 9.53. The lowest BCUT2D eigenvalue weighted by Gasteiger charge is -2.12. The van der Waals surface area contributed by atoms with Crippen LogP contribution in [0.5, 0.6) is 5.75 Å². The summed E-state index contributed by atoms with van der Waals surface area (Å²) in [5.41, 5.74) is 0.649. The Hall–Kier alpha value is -3.46. The summed E-state index contributed by atoms with van der Waals surface area (Å²) in [7, 11) is 0. The Morgan fingerprint density at radius 2 is 1.84 bits per heavy atom. The summed E-state index contributed by atoms with van der Waals surface area (Å²) in [4.78, 5) is 36.4. The SMILES string of the molecule is Cc1c(CC(=O)NC(C)CC(=O)O)c2cc(O)c(F)cc2n1C(=O)c1ccc(Cl)c(F)c1. The first kappa shape index (κ1) is 23.2. The number of rotatable bonds is 6. The van der Waals surface area contributed by atoms with Gasteiger partial charge in [-0.15, -0.1) is 0 Å². The van der Waals surface area contributed by atoms with Gasteiger partial charge < -0.3 is 15.5 Å². The van der Waals surface area contributed by atoms with E-state index in [0.717, 1.165) is 22.8 Å². The van der Waals surface area contributed by atoms with E-state index >= 15 is 0 Å². The van der Waals surface area contributed by atoms with E-state index in [1.165, 1.54) is 26.0 Å². The predicted octanol–water partition coefficient (Wildman–Crippen LogP) is 3.80. The normalized spacial score (nSPS) is 12.0. The Balaban J connectivity index is 2.08. The molecule has 0 aliphatic heterocycles. The summed E-state index contributed by atoms with van der Waals surface area (Å²) in [5.74, 6) is -4.72. The van der Waals surface area contributed by atoms with E-state index in [9.17, 15) is 28.3 Å².